The number of carbonyl (C=O) groups excluding carboxylic acids is 1. The lowest BCUT2D eigenvalue weighted by atomic mass is 10.0. The van der Waals surface area contributed by atoms with E-state index in [1.54, 1.807) is 36.3 Å². The largest absolute Gasteiger partial charge is 0.495 e. The molecule has 0 N–H and O–H groups in total. The molecule has 102 valence electrons. The van der Waals surface area contributed by atoms with Gasteiger partial charge in [-0.15, -0.1) is 23.1 Å². The van der Waals surface area contributed by atoms with Gasteiger partial charge in [-0.2, -0.15) is 0 Å². The smallest absolute Gasteiger partial charge is 0.191 e. The van der Waals surface area contributed by atoms with E-state index in [-0.39, 0.29) is 5.78 Å². The zero-order valence-electron chi connectivity index (χ0n) is 10.7. The van der Waals surface area contributed by atoms with E-state index in [0.29, 0.717) is 16.3 Å². The van der Waals surface area contributed by atoms with E-state index >= 15 is 0 Å². The van der Waals surface area contributed by atoms with Gasteiger partial charge in [0.15, 0.2) is 5.78 Å². The van der Waals surface area contributed by atoms with Gasteiger partial charge in [-0.05, 0) is 35.7 Å². The molecule has 0 saturated carbocycles. The van der Waals surface area contributed by atoms with Crippen molar-refractivity contribution in [3.05, 3.63) is 50.7 Å². The Balaban J connectivity index is 2.00. The van der Waals surface area contributed by atoms with Crippen LogP contribution in [-0.4, -0.2) is 18.6 Å². The maximum atomic E-state index is 12.5. The Morgan fingerprint density at radius 1 is 1.35 bits per heavy atom. The molecular formula is C15H11ClO2S2. The highest BCUT2D eigenvalue weighted by Crippen LogP contribution is 2.36. The summed E-state index contributed by atoms with van der Waals surface area (Å²) < 4.78 is 5.28. The minimum Gasteiger partial charge on any atom is -0.495 e. The van der Waals surface area contributed by atoms with Crippen LogP contribution in [0.4, 0.5) is 0 Å². The van der Waals surface area contributed by atoms with Crippen LogP contribution in [-0.2, 0) is 0 Å². The number of hydrogen-bond donors (Lipinski definition) is 0. The molecule has 1 aliphatic heterocycles. The summed E-state index contributed by atoms with van der Waals surface area (Å²) in [4.78, 5) is 14.5. The van der Waals surface area contributed by atoms with Gasteiger partial charge in [0.25, 0.3) is 0 Å². The Labute approximate surface area is 130 Å². The molecule has 0 bridgehead atoms. The minimum absolute atomic E-state index is 0.0525. The van der Waals surface area contributed by atoms with Crippen molar-refractivity contribution in [3.8, 4) is 5.75 Å². The first-order chi connectivity index (χ1) is 9.69. The summed E-state index contributed by atoms with van der Waals surface area (Å²) in [5, 5.41) is 2.55. The lowest BCUT2D eigenvalue weighted by molar-refractivity contribution is 0.103. The van der Waals surface area contributed by atoms with Gasteiger partial charge in [0.05, 0.1) is 12.0 Å². The van der Waals surface area contributed by atoms with Crippen molar-refractivity contribution in [1.29, 1.82) is 0 Å². The number of Topliss-reactive ketones (excluding diaryl/α,β-unsaturated/α-hetero) is 1. The molecule has 2 aromatic rings. The first kappa shape index (κ1) is 13.7. The molecule has 2 nitrogen and oxygen atoms in total. The van der Waals surface area contributed by atoms with Crippen LogP contribution in [0.25, 0.3) is 6.08 Å². The van der Waals surface area contributed by atoms with E-state index in [4.69, 9.17) is 16.3 Å². The Morgan fingerprint density at radius 2 is 2.20 bits per heavy atom. The van der Waals surface area contributed by atoms with E-state index in [9.17, 15) is 4.79 Å². The van der Waals surface area contributed by atoms with Crippen LogP contribution in [0.1, 0.15) is 15.2 Å². The Bertz CT molecular complexity index is 704. The second-order valence-corrected chi connectivity index (χ2v) is 6.68. The van der Waals surface area contributed by atoms with Crippen LogP contribution < -0.4 is 4.74 Å². The summed E-state index contributed by atoms with van der Waals surface area (Å²) in [7, 11) is 1.64. The molecule has 0 amide bonds. The molecule has 5 heteroatoms. The van der Waals surface area contributed by atoms with E-state index in [0.717, 1.165) is 21.1 Å². The molecule has 20 heavy (non-hydrogen) atoms. The first-order valence-corrected chi connectivity index (χ1v) is 8.22. The topological polar surface area (TPSA) is 26.3 Å². The number of ketones is 1. The van der Waals surface area contributed by atoms with Gasteiger partial charge >= 0.3 is 0 Å². The van der Waals surface area contributed by atoms with Crippen LogP contribution in [0.5, 0.6) is 5.75 Å². The molecule has 0 aliphatic carbocycles. The Kier molecular flexibility index (Phi) is 3.87. The number of fused-ring (bicyclic) bond motifs is 1. The second-order valence-electron chi connectivity index (χ2n) is 4.28. The van der Waals surface area contributed by atoms with Gasteiger partial charge in [-0.1, -0.05) is 11.6 Å². The highest BCUT2D eigenvalue weighted by Gasteiger charge is 2.23. The minimum atomic E-state index is 0.0525. The average Bonchev–Trinajstić information content (AvgIpc) is 2.90. The number of hydrogen-bond acceptors (Lipinski definition) is 4. The quantitative estimate of drug-likeness (QED) is 0.744. The zero-order valence-corrected chi connectivity index (χ0v) is 13.1. The maximum absolute atomic E-state index is 12.5. The van der Waals surface area contributed by atoms with Crippen molar-refractivity contribution in [2.24, 2.45) is 0 Å². The van der Waals surface area contributed by atoms with Crippen molar-refractivity contribution in [3.63, 3.8) is 0 Å². The van der Waals surface area contributed by atoms with E-state index in [1.165, 1.54) is 0 Å². The summed E-state index contributed by atoms with van der Waals surface area (Å²) in [6, 6.07) is 7.37. The average molecular weight is 323 g/mol. The summed E-state index contributed by atoms with van der Waals surface area (Å²) in [5.74, 6) is 1.53. The van der Waals surface area contributed by atoms with Crippen LogP contribution in [0, 0.1) is 0 Å². The summed E-state index contributed by atoms with van der Waals surface area (Å²) >= 11 is 9.21. The zero-order chi connectivity index (χ0) is 14.1. The standard InChI is InChI=1S/C15H11ClO2S2/c1-18-12-4-5-19-14(12)6-9-8-20-13-3-2-10(16)7-11(13)15(9)17/h2-7H,8H2,1H3. The van der Waals surface area contributed by atoms with Gasteiger partial charge < -0.3 is 4.74 Å². The third kappa shape index (κ3) is 2.51. The summed E-state index contributed by atoms with van der Waals surface area (Å²) in [6.07, 6.45) is 1.92. The highest BCUT2D eigenvalue weighted by molar-refractivity contribution is 7.99. The monoisotopic (exact) mass is 322 g/mol. The fourth-order valence-corrected chi connectivity index (χ4v) is 4.03. The first-order valence-electron chi connectivity index (χ1n) is 5.98. The molecular weight excluding hydrogens is 312 g/mol. The second kappa shape index (κ2) is 5.64. The molecule has 2 heterocycles. The van der Waals surface area contributed by atoms with Crippen molar-refractivity contribution >= 4 is 46.6 Å². The Morgan fingerprint density at radius 3 is 3.00 bits per heavy atom. The number of thiophene rings is 1. The molecule has 0 fully saturated rings. The van der Waals surface area contributed by atoms with Crippen molar-refractivity contribution in [2.75, 3.05) is 12.9 Å². The normalized spacial score (nSPS) is 16.3. The van der Waals surface area contributed by atoms with Crippen LogP contribution in [0.2, 0.25) is 5.02 Å². The SMILES string of the molecule is COc1ccsc1C=C1CSc2ccc(Cl)cc2C1=O. The van der Waals surface area contributed by atoms with Crippen molar-refractivity contribution < 1.29 is 9.53 Å². The number of ether oxygens (including phenoxy) is 1. The van der Waals surface area contributed by atoms with Crippen LogP contribution in [0.15, 0.2) is 40.1 Å². The lowest BCUT2D eigenvalue weighted by Gasteiger charge is -2.17. The lowest BCUT2D eigenvalue weighted by Crippen LogP contribution is -2.12. The van der Waals surface area contributed by atoms with E-state index in [1.807, 2.05) is 29.7 Å². The maximum Gasteiger partial charge on any atom is 0.191 e. The predicted molar refractivity (Wildman–Crippen MR) is 85.4 cm³/mol. The third-order valence-corrected chi connectivity index (χ3v) is 5.25. The molecule has 1 aliphatic rings. The molecule has 0 unspecified atom stereocenters. The predicted octanol–water partition coefficient (Wildman–Crippen LogP) is 4.78. The van der Waals surface area contributed by atoms with Gasteiger partial charge in [0.2, 0.25) is 0 Å². The van der Waals surface area contributed by atoms with E-state index < -0.39 is 0 Å². The van der Waals surface area contributed by atoms with Crippen molar-refractivity contribution in [1.82, 2.24) is 0 Å². The molecule has 3 rings (SSSR count). The molecule has 1 aromatic heterocycles. The van der Waals surface area contributed by atoms with Gasteiger partial charge in [-0.25, -0.2) is 0 Å². The molecule has 0 saturated heterocycles. The number of halogens is 1. The summed E-state index contributed by atoms with van der Waals surface area (Å²) in [5.41, 5.74) is 1.47. The Hall–Kier alpha value is -1.23. The molecule has 0 radical (unpaired) electrons. The fourth-order valence-electron chi connectivity index (χ4n) is 2.05. The number of rotatable bonds is 2. The molecule has 0 atom stereocenters. The number of methoxy groups -OCH3 is 1. The van der Waals surface area contributed by atoms with Crippen LogP contribution >= 0.6 is 34.7 Å². The molecule has 1 aromatic carbocycles. The van der Waals surface area contributed by atoms with Gasteiger partial charge in [0.1, 0.15) is 5.75 Å². The summed E-state index contributed by atoms with van der Waals surface area (Å²) in [6.45, 7) is 0. The van der Waals surface area contributed by atoms with E-state index in [2.05, 4.69) is 0 Å². The van der Waals surface area contributed by atoms with Crippen LogP contribution in [0.3, 0.4) is 0 Å². The van der Waals surface area contributed by atoms with Crippen molar-refractivity contribution in [2.45, 2.75) is 4.90 Å². The molecule has 0 spiro atoms. The van der Waals surface area contributed by atoms with Gasteiger partial charge in [-0.3, -0.25) is 4.79 Å². The number of thioether (sulfide) groups is 1. The number of carbonyl (C=O) groups is 1. The fraction of sp³-hybridized carbons (Fsp3) is 0.133. The highest BCUT2D eigenvalue weighted by atomic mass is 35.5. The van der Waals surface area contributed by atoms with Gasteiger partial charge in [0, 0.05) is 26.8 Å². The third-order valence-electron chi connectivity index (χ3n) is 3.04. The number of benzene rings is 1.